The highest BCUT2D eigenvalue weighted by Gasteiger charge is 2.22. The van der Waals surface area contributed by atoms with Gasteiger partial charge in [-0.15, -0.1) is 0 Å². The molecule has 1 unspecified atom stereocenters. The molecule has 1 atom stereocenters. The number of hydrogen-bond acceptors (Lipinski definition) is 3. The van der Waals surface area contributed by atoms with Crippen molar-refractivity contribution in [3.8, 4) is 0 Å². The highest BCUT2D eigenvalue weighted by Crippen LogP contribution is 2.22. The zero-order valence-corrected chi connectivity index (χ0v) is 12.4. The van der Waals surface area contributed by atoms with Crippen molar-refractivity contribution in [1.29, 1.82) is 0 Å². The minimum Gasteiger partial charge on any atom is -0.384 e. The Morgan fingerprint density at radius 3 is 2.60 bits per heavy atom. The summed E-state index contributed by atoms with van der Waals surface area (Å²) < 4.78 is 0. The van der Waals surface area contributed by atoms with Crippen LogP contribution in [0.2, 0.25) is 0 Å². The van der Waals surface area contributed by atoms with Crippen LogP contribution in [-0.4, -0.2) is 16.6 Å². The highest BCUT2D eigenvalue weighted by molar-refractivity contribution is 5.33. The first kappa shape index (κ1) is 14.7. The van der Waals surface area contributed by atoms with Crippen molar-refractivity contribution >= 4 is 0 Å². The Morgan fingerprint density at radius 2 is 1.95 bits per heavy atom. The SMILES string of the molecule is Cc1ccc(C(C)(O)CNCc2ccccn2)cc1C. The zero-order valence-electron chi connectivity index (χ0n) is 12.4. The third-order valence-electron chi connectivity index (χ3n) is 3.63. The Labute approximate surface area is 120 Å². The second-order valence-corrected chi connectivity index (χ2v) is 5.50. The Hall–Kier alpha value is -1.71. The number of hydrogen-bond donors (Lipinski definition) is 2. The van der Waals surface area contributed by atoms with Gasteiger partial charge in [0, 0.05) is 19.3 Å². The second-order valence-electron chi connectivity index (χ2n) is 5.50. The molecule has 2 rings (SSSR count). The molecule has 2 aromatic rings. The Bertz CT molecular complexity index is 564. The van der Waals surface area contributed by atoms with Gasteiger partial charge in [-0.25, -0.2) is 0 Å². The van der Waals surface area contributed by atoms with Crippen molar-refractivity contribution in [3.63, 3.8) is 0 Å². The maximum atomic E-state index is 10.6. The molecule has 20 heavy (non-hydrogen) atoms. The van der Waals surface area contributed by atoms with Gasteiger partial charge in [0.15, 0.2) is 0 Å². The topological polar surface area (TPSA) is 45.1 Å². The minimum atomic E-state index is -0.882. The average Bonchev–Trinajstić information content (AvgIpc) is 2.43. The molecule has 0 amide bonds. The summed E-state index contributed by atoms with van der Waals surface area (Å²) in [6, 6.07) is 11.9. The van der Waals surface area contributed by atoms with Gasteiger partial charge >= 0.3 is 0 Å². The molecule has 3 heteroatoms. The van der Waals surface area contributed by atoms with Crippen LogP contribution in [0.1, 0.15) is 29.3 Å². The molecule has 1 aromatic carbocycles. The molecule has 106 valence electrons. The lowest BCUT2D eigenvalue weighted by molar-refractivity contribution is 0.0565. The highest BCUT2D eigenvalue weighted by atomic mass is 16.3. The summed E-state index contributed by atoms with van der Waals surface area (Å²) in [6.45, 7) is 7.12. The van der Waals surface area contributed by atoms with Crippen LogP contribution in [0.5, 0.6) is 0 Å². The predicted octanol–water partition coefficient (Wildman–Crippen LogP) is 2.70. The molecular weight excluding hydrogens is 248 g/mol. The van der Waals surface area contributed by atoms with Gasteiger partial charge in [-0.2, -0.15) is 0 Å². The van der Waals surface area contributed by atoms with Gasteiger partial charge in [0.2, 0.25) is 0 Å². The molecule has 0 bridgehead atoms. The van der Waals surface area contributed by atoms with Crippen molar-refractivity contribution < 1.29 is 5.11 Å². The van der Waals surface area contributed by atoms with Gasteiger partial charge in [-0.1, -0.05) is 24.3 Å². The van der Waals surface area contributed by atoms with E-state index in [-0.39, 0.29) is 0 Å². The Morgan fingerprint density at radius 1 is 1.15 bits per heavy atom. The molecule has 0 fully saturated rings. The van der Waals surface area contributed by atoms with Crippen LogP contribution in [0.3, 0.4) is 0 Å². The van der Waals surface area contributed by atoms with Gasteiger partial charge in [0.1, 0.15) is 0 Å². The summed E-state index contributed by atoms with van der Waals surface area (Å²) in [6.07, 6.45) is 1.78. The molecule has 3 nitrogen and oxygen atoms in total. The predicted molar refractivity (Wildman–Crippen MR) is 81.4 cm³/mol. The average molecular weight is 270 g/mol. The molecule has 0 saturated carbocycles. The van der Waals surface area contributed by atoms with Crippen LogP contribution in [-0.2, 0) is 12.1 Å². The molecule has 1 aromatic heterocycles. The van der Waals surface area contributed by atoms with Crippen molar-refractivity contribution in [3.05, 3.63) is 65.0 Å². The fraction of sp³-hybridized carbons (Fsp3) is 0.353. The number of benzene rings is 1. The van der Waals surface area contributed by atoms with Gasteiger partial charge in [0.05, 0.1) is 11.3 Å². The van der Waals surface area contributed by atoms with Crippen LogP contribution < -0.4 is 5.32 Å². The van der Waals surface area contributed by atoms with Crippen LogP contribution in [0.25, 0.3) is 0 Å². The van der Waals surface area contributed by atoms with E-state index in [4.69, 9.17) is 0 Å². The molecule has 0 aliphatic rings. The Balaban J connectivity index is 1.98. The lowest BCUT2D eigenvalue weighted by atomic mass is 9.93. The molecular formula is C17H22N2O. The number of pyridine rings is 1. The maximum absolute atomic E-state index is 10.6. The van der Waals surface area contributed by atoms with Crippen molar-refractivity contribution in [2.45, 2.75) is 32.9 Å². The molecule has 0 radical (unpaired) electrons. The van der Waals surface area contributed by atoms with E-state index < -0.39 is 5.60 Å². The lowest BCUT2D eigenvalue weighted by Crippen LogP contribution is -2.35. The fourth-order valence-electron chi connectivity index (χ4n) is 2.12. The van der Waals surface area contributed by atoms with Gasteiger partial charge in [-0.3, -0.25) is 4.98 Å². The molecule has 0 aliphatic heterocycles. The van der Waals surface area contributed by atoms with Crippen molar-refractivity contribution in [2.75, 3.05) is 6.54 Å². The second kappa shape index (κ2) is 6.16. The quantitative estimate of drug-likeness (QED) is 0.878. The summed E-state index contributed by atoms with van der Waals surface area (Å²) in [4.78, 5) is 4.25. The van der Waals surface area contributed by atoms with Crippen LogP contribution in [0.15, 0.2) is 42.6 Å². The summed E-state index contributed by atoms with van der Waals surface area (Å²) in [5, 5.41) is 13.9. The van der Waals surface area contributed by atoms with Crippen LogP contribution >= 0.6 is 0 Å². The number of aryl methyl sites for hydroxylation is 2. The number of aromatic nitrogens is 1. The van der Waals surface area contributed by atoms with Gasteiger partial charge in [-0.05, 0) is 49.6 Å². The number of rotatable bonds is 5. The molecule has 0 aliphatic carbocycles. The summed E-state index contributed by atoms with van der Waals surface area (Å²) in [5.74, 6) is 0. The molecule has 1 heterocycles. The maximum Gasteiger partial charge on any atom is 0.0992 e. The third kappa shape index (κ3) is 3.65. The van der Waals surface area contributed by atoms with Crippen molar-refractivity contribution in [1.82, 2.24) is 10.3 Å². The van der Waals surface area contributed by atoms with Crippen molar-refractivity contribution in [2.24, 2.45) is 0 Å². The number of nitrogens with zero attached hydrogens (tertiary/aromatic N) is 1. The van der Waals surface area contributed by atoms with E-state index in [9.17, 15) is 5.11 Å². The molecule has 0 spiro atoms. The zero-order chi connectivity index (χ0) is 14.6. The van der Waals surface area contributed by atoms with E-state index in [1.165, 1.54) is 11.1 Å². The van der Waals surface area contributed by atoms with E-state index >= 15 is 0 Å². The number of aliphatic hydroxyl groups is 1. The fourth-order valence-corrected chi connectivity index (χ4v) is 2.12. The van der Waals surface area contributed by atoms with E-state index in [0.29, 0.717) is 13.1 Å². The largest absolute Gasteiger partial charge is 0.384 e. The van der Waals surface area contributed by atoms with E-state index in [0.717, 1.165) is 11.3 Å². The standard InChI is InChI=1S/C17H22N2O/c1-13-7-8-15(10-14(13)2)17(3,20)12-18-11-16-6-4-5-9-19-16/h4-10,18,20H,11-12H2,1-3H3. The van der Waals surface area contributed by atoms with E-state index in [2.05, 4.69) is 36.3 Å². The van der Waals surface area contributed by atoms with Crippen LogP contribution in [0.4, 0.5) is 0 Å². The summed E-state index contributed by atoms with van der Waals surface area (Å²) in [7, 11) is 0. The van der Waals surface area contributed by atoms with E-state index in [1.807, 2.05) is 31.2 Å². The summed E-state index contributed by atoms with van der Waals surface area (Å²) in [5.41, 5.74) is 3.48. The molecule has 2 N–H and O–H groups in total. The monoisotopic (exact) mass is 270 g/mol. The van der Waals surface area contributed by atoms with Gasteiger partial charge in [0.25, 0.3) is 0 Å². The first-order chi connectivity index (χ1) is 9.49. The first-order valence-corrected chi connectivity index (χ1v) is 6.90. The summed E-state index contributed by atoms with van der Waals surface area (Å²) >= 11 is 0. The smallest absolute Gasteiger partial charge is 0.0992 e. The lowest BCUT2D eigenvalue weighted by Gasteiger charge is -2.25. The van der Waals surface area contributed by atoms with Gasteiger partial charge < -0.3 is 10.4 Å². The molecule has 0 saturated heterocycles. The van der Waals surface area contributed by atoms with E-state index in [1.54, 1.807) is 6.20 Å². The number of nitrogens with one attached hydrogen (secondary N) is 1. The minimum absolute atomic E-state index is 0.492. The third-order valence-corrected chi connectivity index (χ3v) is 3.63. The normalized spacial score (nSPS) is 14.0. The first-order valence-electron chi connectivity index (χ1n) is 6.90. The Kier molecular flexibility index (Phi) is 4.53. The van der Waals surface area contributed by atoms with Crippen LogP contribution in [0, 0.1) is 13.8 Å².